The van der Waals surface area contributed by atoms with Gasteiger partial charge < -0.3 is 10.2 Å². The van der Waals surface area contributed by atoms with E-state index >= 15 is 0 Å². The van der Waals surface area contributed by atoms with Gasteiger partial charge in [-0.25, -0.2) is 4.79 Å². The quantitative estimate of drug-likeness (QED) is 0.339. The van der Waals surface area contributed by atoms with Gasteiger partial charge in [-0.05, 0) is 19.3 Å². The summed E-state index contributed by atoms with van der Waals surface area (Å²) in [5, 5.41) is 18.1. The van der Waals surface area contributed by atoms with Crippen LogP contribution in [0.5, 0.6) is 0 Å². The van der Waals surface area contributed by atoms with Gasteiger partial charge >= 0.3 is 5.97 Å². The van der Waals surface area contributed by atoms with Gasteiger partial charge in [0, 0.05) is 6.08 Å². The van der Waals surface area contributed by atoms with E-state index in [-0.39, 0.29) is 6.10 Å². The molecule has 0 aliphatic carbocycles. The number of allylic oxidation sites excluding steroid dienone is 5. The number of unbranched alkanes of at least 4 members (excludes halogenated alkanes) is 3. The topological polar surface area (TPSA) is 57.5 Å². The van der Waals surface area contributed by atoms with Crippen molar-refractivity contribution in [1.29, 1.82) is 0 Å². The third-order valence-electron chi connectivity index (χ3n) is 2.77. The highest BCUT2D eigenvalue weighted by Gasteiger charge is 2.01. The fraction of sp³-hybridized carbons (Fsp3) is 0.562. The van der Waals surface area contributed by atoms with Gasteiger partial charge in [0.25, 0.3) is 0 Å². The lowest BCUT2D eigenvalue weighted by Gasteiger charge is -2.08. The molecule has 0 saturated carbocycles. The molecule has 0 fully saturated rings. The van der Waals surface area contributed by atoms with E-state index in [0.717, 1.165) is 31.8 Å². The smallest absolute Gasteiger partial charge is 0.328 e. The SMILES string of the molecule is CCCCCCC(O)CCC=CC=CC=CC(=O)O. The largest absolute Gasteiger partial charge is 0.478 e. The fourth-order valence-electron chi connectivity index (χ4n) is 1.68. The maximum Gasteiger partial charge on any atom is 0.328 e. The molecule has 0 bridgehead atoms. The van der Waals surface area contributed by atoms with Gasteiger partial charge in [0.1, 0.15) is 0 Å². The van der Waals surface area contributed by atoms with E-state index in [1.54, 1.807) is 12.2 Å². The van der Waals surface area contributed by atoms with Gasteiger partial charge in [0.15, 0.2) is 0 Å². The van der Waals surface area contributed by atoms with E-state index in [4.69, 9.17) is 5.11 Å². The summed E-state index contributed by atoms with van der Waals surface area (Å²) in [6.07, 6.45) is 17.0. The Morgan fingerprint density at radius 1 is 1.05 bits per heavy atom. The number of hydrogen-bond donors (Lipinski definition) is 2. The van der Waals surface area contributed by atoms with Gasteiger partial charge in [0.05, 0.1) is 6.10 Å². The second-order valence-corrected chi connectivity index (χ2v) is 4.59. The van der Waals surface area contributed by atoms with E-state index in [1.807, 2.05) is 12.2 Å². The molecule has 108 valence electrons. The minimum atomic E-state index is -0.945. The maximum atomic E-state index is 10.2. The number of rotatable bonds is 11. The number of carboxylic acids is 1. The van der Waals surface area contributed by atoms with Crippen LogP contribution in [0.25, 0.3) is 0 Å². The molecule has 3 heteroatoms. The van der Waals surface area contributed by atoms with Crippen molar-refractivity contribution in [2.45, 2.75) is 58.0 Å². The molecule has 0 heterocycles. The monoisotopic (exact) mass is 266 g/mol. The molecule has 0 aliphatic rings. The number of hydrogen-bond acceptors (Lipinski definition) is 2. The van der Waals surface area contributed by atoms with Crippen LogP contribution in [0.4, 0.5) is 0 Å². The lowest BCUT2D eigenvalue weighted by Crippen LogP contribution is -2.05. The number of carbonyl (C=O) groups is 1. The second-order valence-electron chi connectivity index (χ2n) is 4.59. The average Bonchev–Trinajstić information content (AvgIpc) is 2.37. The summed E-state index contributed by atoms with van der Waals surface area (Å²) < 4.78 is 0. The van der Waals surface area contributed by atoms with Crippen LogP contribution in [0.2, 0.25) is 0 Å². The standard InChI is InChI=1S/C16H26O3/c1-2-3-4-9-12-15(17)13-10-7-5-6-8-11-14-16(18)19/h5-8,11,14-15,17H,2-4,9-10,12-13H2,1H3,(H,18,19). The summed E-state index contributed by atoms with van der Waals surface area (Å²) in [5.74, 6) is -0.945. The van der Waals surface area contributed by atoms with Crippen molar-refractivity contribution in [2.75, 3.05) is 0 Å². The van der Waals surface area contributed by atoms with E-state index in [2.05, 4.69) is 6.92 Å². The fourth-order valence-corrected chi connectivity index (χ4v) is 1.68. The molecule has 19 heavy (non-hydrogen) atoms. The number of aliphatic hydroxyl groups is 1. The number of aliphatic hydroxyl groups excluding tert-OH is 1. The van der Waals surface area contributed by atoms with Gasteiger partial charge in [-0.1, -0.05) is 63.0 Å². The van der Waals surface area contributed by atoms with E-state index < -0.39 is 5.97 Å². The van der Waals surface area contributed by atoms with Crippen molar-refractivity contribution >= 4 is 5.97 Å². The van der Waals surface area contributed by atoms with Crippen molar-refractivity contribution in [3.05, 3.63) is 36.5 Å². The average molecular weight is 266 g/mol. The first-order valence-electron chi connectivity index (χ1n) is 7.07. The number of aliphatic carboxylic acids is 1. The zero-order valence-electron chi connectivity index (χ0n) is 11.8. The molecular formula is C16H26O3. The van der Waals surface area contributed by atoms with Gasteiger partial charge in [-0.15, -0.1) is 0 Å². The summed E-state index contributed by atoms with van der Waals surface area (Å²) in [4.78, 5) is 10.2. The summed E-state index contributed by atoms with van der Waals surface area (Å²) in [5.41, 5.74) is 0. The third kappa shape index (κ3) is 14.6. The van der Waals surface area contributed by atoms with Crippen molar-refractivity contribution in [2.24, 2.45) is 0 Å². The Hall–Kier alpha value is -1.35. The van der Waals surface area contributed by atoms with Gasteiger partial charge in [-0.3, -0.25) is 0 Å². The van der Waals surface area contributed by atoms with Crippen LogP contribution in [0, 0.1) is 0 Å². The van der Waals surface area contributed by atoms with Crippen molar-refractivity contribution < 1.29 is 15.0 Å². The minimum Gasteiger partial charge on any atom is -0.478 e. The zero-order valence-corrected chi connectivity index (χ0v) is 11.8. The van der Waals surface area contributed by atoms with Crippen molar-refractivity contribution in [3.8, 4) is 0 Å². The van der Waals surface area contributed by atoms with Crippen molar-refractivity contribution in [1.82, 2.24) is 0 Å². The molecule has 2 N–H and O–H groups in total. The van der Waals surface area contributed by atoms with E-state index in [0.29, 0.717) is 0 Å². The highest BCUT2D eigenvalue weighted by atomic mass is 16.4. The zero-order chi connectivity index (χ0) is 14.3. The number of carboxylic acid groups (broad SMARTS) is 1. The third-order valence-corrected chi connectivity index (χ3v) is 2.77. The van der Waals surface area contributed by atoms with Crippen LogP contribution in [0.1, 0.15) is 51.9 Å². The van der Waals surface area contributed by atoms with Crippen LogP contribution < -0.4 is 0 Å². The molecular weight excluding hydrogens is 240 g/mol. The molecule has 0 spiro atoms. The van der Waals surface area contributed by atoms with Crippen LogP contribution >= 0.6 is 0 Å². The minimum absolute atomic E-state index is 0.197. The normalized spacial score (nSPS) is 13.8. The highest BCUT2D eigenvalue weighted by molar-refractivity contribution is 5.80. The van der Waals surface area contributed by atoms with E-state index in [1.165, 1.54) is 25.3 Å². The molecule has 0 aliphatic heterocycles. The summed E-state index contributed by atoms with van der Waals surface area (Å²) in [6.45, 7) is 2.18. The molecule has 3 nitrogen and oxygen atoms in total. The molecule has 0 saturated heterocycles. The summed E-state index contributed by atoms with van der Waals surface area (Å²) >= 11 is 0. The van der Waals surface area contributed by atoms with Gasteiger partial charge in [0.2, 0.25) is 0 Å². The molecule has 0 rings (SSSR count). The van der Waals surface area contributed by atoms with Crippen LogP contribution in [-0.2, 0) is 4.79 Å². The van der Waals surface area contributed by atoms with Crippen molar-refractivity contribution in [3.63, 3.8) is 0 Å². The summed E-state index contributed by atoms with van der Waals surface area (Å²) in [7, 11) is 0. The Kier molecular flexibility index (Phi) is 12.2. The highest BCUT2D eigenvalue weighted by Crippen LogP contribution is 2.09. The Labute approximate surface area is 116 Å². The Morgan fingerprint density at radius 2 is 1.79 bits per heavy atom. The Bertz CT molecular complexity index is 303. The Morgan fingerprint density at radius 3 is 2.47 bits per heavy atom. The van der Waals surface area contributed by atoms with Crippen LogP contribution in [0.3, 0.4) is 0 Å². The maximum absolute atomic E-state index is 10.2. The van der Waals surface area contributed by atoms with Crippen LogP contribution in [-0.4, -0.2) is 22.3 Å². The molecule has 0 amide bonds. The predicted molar refractivity (Wildman–Crippen MR) is 79.1 cm³/mol. The second kappa shape index (κ2) is 13.1. The first-order chi connectivity index (χ1) is 9.16. The lowest BCUT2D eigenvalue weighted by molar-refractivity contribution is -0.131. The Balaban J connectivity index is 3.53. The first kappa shape index (κ1) is 17.6. The molecule has 0 aromatic rings. The van der Waals surface area contributed by atoms with Gasteiger partial charge in [-0.2, -0.15) is 0 Å². The molecule has 0 radical (unpaired) electrons. The van der Waals surface area contributed by atoms with E-state index in [9.17, 15) is 9.90 Å². The van der Waals surface area contributed by atoms with Crippen LogP contribution in [0.15, 0.2) is 36.5 Å². The predicted octanol–water partition coefficient (Wildman–Crippen LogP) is 3.85. The summed E-state index contributed by atoms with van der Waals surface area (Å²) in [6, 6.07) is 0. The molecule has 1 unspecified atom stereocenters. The molecule has 0 aromatic carbocycles. The first-order valence-corrected chi connectivity index (χ1v) is 7.07. The molecule has 1 atom stereocenters. The molecule has 0 aromatic heterocycles. The lowest BCUT2D eigenvalue weighted by atomic mass is 10.1.